The summed E-state index contributed by atoms with van der Waals surface area (Å²) >= 11 is 0. The van der Waals surface area contributed by atoms with Crippen LogP contribution in [0.3, 0.4) is 0 Å². The molecule has 118 valence electrons. The van der Waals surface area contributed by atoms with Crippen LogP contribution >= 0.6 is 0 Å². The van der Waals surface area contributed by atoms with E-state index in [1.165, 1.54) is 18.2 Å². The topological polar surface area (TPSA) is 18.5 Å². The highest BCUT2D eigenvalue weighted by molar-refractivity contribution is 5.65. The molecule has 0 aliphatic carbocycles. The Labute approximate surface area is 120 Å². The van der Waals surface area contributed by atoms with E-state index in [0.29, 0.717) is 0 Å². The third kappa shape index (κ3) is 4.31. The summed E-state index contributed by atoms with van der Waals surface area (Å²) in [6.07, 6.45) is -4.82. The summed E-state index contributed by atoms with van der Waals surface area (Å²) in [6, 6.07) is 7.55. The van der Waals surface area contributed by atoms with E-state index >= 15 is 0 Å². The van der Waals surface area contributed by atoms with E-state index in [2.05, 4.69) is 9.47 Å². The maximum absolute atomic E-state index is 13.8. The Bertz CT molecular complexity index is 637. The molecule has 2 rings (SSSR count). The van der Waals surface area contributed by atoms with Gasteiger partial charge in [-0.1, -0.05) is 12.1 Å². The molecule has 8 heteroatoms. The second kappa shape index (κ2) is 6.17. The molecule has 0 atom stereocenters. The normalized spacial score (nSPS) is 11.6. The Balaban J connectivity index is 2.21. The van der Waals surface area contributed by atoms with E-state index in [-0.39, 0.29) is 16.9 Å². The van der Waals surface area contributed by atoms with Crippen molar-refractivity contribution in [2.75, 3.05) is 0 Å². The van der Waals surface area contributed by atoms with Crippen molar-refractivity contribution in [1.82, 2.24) is 0 Å². The molecule has 0 aromatic heterocycles. The lowest BCUT2D eigenvalue weighted by molar-refractivity contribution is -0.274. The number of hydrogen-bond acceptors (Lipinski definition) is 2. The van der Waals surface area contributed by atoms with Crippen LogP contribution < -0.4 is 9.47 Å². The minimum atomic E-state index is -4.82. The lowest BCUT2D eigenvalue weighted by Crippen LogP contribution is -2.16. The molecule has 0 saturated heterocycles. The van der Waals surface area contributed by atoms with Gasteiger partial charge in [0.1, 0.15) is 17.3 Å². The van der Waals surface area contributed by atoms with E-state index in [1.807, 2.05) is 0 Å². The fraction of sp³-hybridized carbons (Fsp3) is 0.143. The van der Waals surface area contributed by atoms with E-state index in [4.69, 9.17) is 0 Å². The van der Waals surface area contributed by atoms with Gasteiger partial charge in [0.15, 0.2) is 0 Å². The zero-order valence-electron chi connectivity index (χ0n) is 10.7. The fourth-order valence-corrected chi connectivity index (χ4v) is 1.74. The Hall–Kier alpha value is -2.38. The first kappa shape index (κ1) is 16.0. The Kier molecular flexibility index (Phi) is 4.48. The second-order valence-corrected chi connectivity index (χ2v) is 4.09. The maximum atomic E-state index is 13.8. The largest absolute Gasteiger partial charge is 0.573 e. The molecule has 0 bridgehead atoms. The molecule has 0 unspecified atom stereocenters. The van der Waals surface area contributed by atoms with Crippen molar-refractivity contribution in [1.29, 1.82) is 0 Å². The van der Waals surface area contributed by atoms with Gasteiger partial charge in [-0.2, -0.15) is 8.78 Å². The molecule has 22 heavy (non-hydrogen) atoms. The fourth-order valence-electron chi connectivity index (χ4n) is 1.74. The Morgan fingerprint density at radius 3 is 1.95 bits per heavy atom. The Morgan fingerprint density at radius 1 is 0.864 bits per heavy atom. The van der Waals surface area contributed by atoms with Crippen LogP contribution in [0.15, 0.2) is 42.5 Å². The van der Waals surface area contributed by atoms with Gasteiger partial charge in [-0.05, 0) is 29.8 Å². The van der Waals surface area contributed by atoms with E-state index in [9.17, 15) is 26.3 Å². The number of ether oxygens (including phenoxy) is 2. The van der Waals surface area contributed by atoms with Gasteiger partial charge >= 0.3 is 13.0 Å². The van der Waals surface area contributed by atoms with Crippen molar-refractivity contribution < 1.29 is 35.8 Å². The molecule has 0 aliphatic rings. The van der Waals surface area contributed by atoms with Crippen molar-refractivity contribution >= 4 is 0 Å². The maximum Gasteiger partial charge on any atom is 0.573 e. The predicted molar refractivity (Wildman–Crippen MR) is 65.2 cm³/mol. The van der Waals surface area contributed by atoms with Crippen LogP contribution in [0.1, 0.15) is 0 Å². The highest BCUT2D eigenvalue weighted by Gasteiger charge is 2.31. The number of hydrogen-bond donors (Lipinski definition) is 0. The zero-order valence-corrected chi connectivity index (χ0v) is 10.7. The molecule has 0 spiro atoms. The first-order valence-electron chi connectivity index (χ1n) is 5.85. The molecule has 0 heterocycles. The summed E-state index contributed by atoms with van der Waals surface area (Å²) in [5.41, 5.74) is 0.288. The van der Waals surface area contributed by atoms with Crippen molar-refractivity contribution in [2.24, 2.45) is 0 Å². The first-order valence-corrected chi connectivity index (χ1v) is 5.85. The van der Waals surface area contributed by atoms with Crippen molar-refractivity contribution in [3.05, 3.63) is 48.3 Å². The summed E-state index contributed by atoms with van der Waals surface area (Å²) in [5, 5.41) is 0. The lowest BCUT2D eigenvalue weighted by atomic mass is 10.0. The predicted octanol–water partition coefficient (Wildman–Crippen LogP) is 4.99. The average Bonchev–Trinajstić information content (AvgIpc) is 2.37. The van der Waals surface area contributed by atoms with Gasteiger partial charge in [0.05, 0.1) is 0 Å². The van der Waals surface area contributed by atoms with Gasteiger partial charge in [0, 0.05) is 11.6 Å². The van der Waals surface area contributed by atoms with Gasteiger partial charge in [0.25, 0.3) is 0 Å². The van der Waals surface area contributed by atoms with Crippen molar-refractivity contribution in [3.63, 3.8) is 0 Å². The molecule has 0 fully saturated rings. The molecule has 0 N–H and O–H groups in total. The minimum Gasteiger partial charge on any atom is -0.435 e. The van der Waals surface area contributed by atoms with Crippen LogP contribution in [0.5, 0.6) is 11.5 Å². The van der Waals surface area contributed by atoms with Gasteiger partial charge in [-0.15, -0.1) is 13.2 Å². The van der Waals surface area contributed by atoms with Gasteiger partial charge < -0.3 is 9.47 Å². The van der Waals surface area contributed by atoms with Gasteiger partial charge in [-0.3, -0.25) is 0 Å². The van der Waals surface area contributed by atoms with Crippen molar-refractivity contribution in [2.45, 2.75) is 13.0 Å². The molecule has 0 saturated carbocycles. The number of alkyl halides is 5. The van der Waals surface area contributed by atoms with Gasteiger partial charge in [0.2, 0.25) is 0 Å². The SMILES string of the molecule is Fc1cc(OC(F)F)ccc1-c1ccc(OC(F)(F)F)cc1. The smallest absolute Gasteiger partial charge is 0.435 e. The van der Waals surface area contributed by atoms with Crippen LogP contribution in [0, 0.1) is 5.82 Å². The molecular formula is C14H8F6O2. The molecule has 2 nitrogen and oxygen atoms in total. The van der Waals surface area contributed by atoms with Gasteiger partial charge in [-0.25, -0.2) is 4.39 Å². The molecule has 0 aliphatic heterocycles. The standard InChI is InChI=1S/C14H8F6O2/c15-12-7-10(21-13(16)17)5-6-11(12)8-1-3-9(4-2-8)22-14(18,19)20/h1-7,13H. The minimum absolute atomic E-state index is 0.0279. The summed E-state index contributed by atoms with van der Waals surface area (Å²) in [4.78, 5) is 0. The molecule has 0 radical (unpaired) electrons. The number of halogens is 6. The first-order chi connectivity index (χ1) is 10.2. The monoisotopic (exact) mass is 322 g/mol. The molecule has 2 aromatic rings. The summed E-state index contributed by atoms with van der Waals surface area (Å²) < 4.78 is 81.6. The molecule has 0 amide bonds. The van der Waals surface area contributed by atoms with Crippen LogP contribution in [0.4, 0.5) is 26.3 Å². The van der Waals surface area contributed by atoms with Crippen LogP contribution in [-0.4, -0.2) is 13.0 Å². The highest BCUT2D eigenvalue weighted by atomic mass is 19.4. The summed E-state index contributed by atoms with van der Waals surface area (Å²) in [7, 11) is 0. The summed E-state index contributed by atoms with van der Waals surface area (Å²) in [5.74, 6) is -1.65. The number of benzene rings is 2. The quantitative estimate of drug-likeness (QED) is 0.738. The third-order valence-electron chi connectivity index (χ3n) is 2.56. The van der Waals surface area contributed by atoms with Crippen LogP contribution in [0.2, 0.25) is 0 Å². The highest BCUT2D eigenvalue weighted by Crippen LogP contribution is 2.29. The summed E-state index contributed by atoms with van der Waals surface area (Å²) in [6.45, 7) is -3.08. The third-order valence-corrected chi connectivity index (χ3v) is 2.56. The molecule has 2 aromatic carbocycles. The van der Waals surface area contributed by atoms with Crippen LogP contribution in [-0.2, 0) is 0 Å². The van der Waals surface area contributed by atoms with E-state index in [1.54, 1.807) is 0 Å². The van der Waals surface area contributed by atoms with E-state index in [0.717, 1.165) is 24.3 Å². The van der Waals surface area contributed by atoms with Crippen LogP contribution in [0.25, 0.3) is 11.1 Å². The van der Waals surface area contributed by atoms with Crippen molar-refractivity contribution in [3.8, 4) is 22.6 Å². The molecular weight excluding hydrogens is 314 g/mol. The second-order valence-electron chi connectivity index (χ2n) is 4.09. The number of rotatable bonds is 4. The lowest BCUT2D eigenvalue weighted by Gasteiger charge is -2.10. The zero-order chi connectivity index (χ0) is 16.3. The van der Waals surface area contributed by atoms with E-state index < -0.39 is 24.5 Å². The Morgan fingerprint density at radius 2 is 1.45 bits per heavy atom. The average molecular weight is 322 g/mol.